The number of aryl methyl sites for hydroxylation is 1. The van der Waals surface area contributed by atoms with Crippen molar-refractivity contribution in [3.63, 3.8) is 0 Å². The lowest BCUT2D eigenvalue weighted by Crippen LogP contribution is -2.04. The number of fused-ring (bicyclic) bond motifs is 1. The van der Waals surface area contributed by atoms with Crippen molar-refractivity contribution in [2.75, 3.05) is 26.4 Å². The molecule has 0 bridgehead atoms. The van der Waals surface area contributed by atoms with Gasteiger partial charge in [-0.15, -0.1) is 0 Å². The van der Waals surface area contributed by atoms with E-state index in [1.54, 1.807) is 0 Å². The lowest BCUT2D eigenvalue weighted by atomic mass is 10.2. The van der Waals surface area contributed by atoms with Crippen LogP contribution >= 0.6 is 7.14 Å². The number of rotatable bonds is 1. The van der Waals surface area contributed by atoms with Crippen molar-refractivity contribution >= 4 is 12.4 Å². The van der Waals surface area contributed by atoms with Gasteiger partial charge < -0.3 is 9.88 Å². The molecule has 1 unspecified atom stereocenters. The Bertz CT molecular complexity index is 362. The molecule has 15 heavy (non-hydrogen) atoms. The van der Waals surface area contributed by atoms with E-state index in [1.165, 1.54) is 5.56 Å². The fourth-order valence-electron chi connectivity index (χ4n) is 1.87. The molecule has 0 aromatic heterocycles. The van der Waals surface area contributed by atoms with E-state index in [0.717, 1.165) is 24.0 Å². The highest BCUT2D eigenvalue weighted by molar-refractivity contribution is 7.72. The van der Waals surface area contributed by atoms with E-state index in [0.29, 0.717) is 0 Å². The third-order valence-electron chi connectivity index (χ3n) is 2.68. The molecule has 0 saturated heterocycles. The van der Waals surface area contributed by atoms with Crippen molar-refractivity contribution in [3.8, 4) is 0 Å². The summed E-state index contributed by atoms with van der Waals surface area (Å²) in [5.41, 5.74) is 1.31. The Hall–Kier alpha value is -0.590. The van der Waals surface area contributed by atoms with Crippen molar-refractivity contribution in [3.05, 3.63) is 29.8 Å². The Morgan fingerprint density at radius 3 is 2.53 bits per heavy atom. The topological polar surface area (TPSA) is 29.1 Å². The molecule has 0 aliphatic carbocycles. The van der Waals surface area contributed by atoms with E-state index in [2.05, 4.69) is 11.4 Å². The summed E-state index contributed by atoms with van der Waals surface area (Å²) in [5.74, 6) is 0. The standard InChI is InChI=1S/C10H13OP.C2H7N/c1-2-12(11)8-7-9-5-3-4-6-10(9)12;1-3-2/h3-6H,2,7-8H2,1H3;3H,1-2H3. The van der Waals surface area contributed by atoms with E-state index >= 15 is 0 Å². The van der Waals surface area contributed by atoms with E-state index < -0.39 is 7.14 Å². The van der Waals surface area contributed by atoms with E-state index in [4.69, 9.17) is 0 Å². The summed E-state index contributed by atoms with van der Waals surface area (Å²) in [6.07, 6.45) is 2.73. The molecular weight excluding hydrogens is 205 g/mol. The molecule has 1 atom stereocenters. The van der Waals surface area contributed by atoms with E-state index in [-0.39, 0.29) is 0 Å². The van der Waals surface area contributed by atoms with Crippen LogP contribution < -0.4 is 10.6 Å². The molecule has 0 saturated carbocycles. The predicted octanol–water partition coefficient (Wildman–Crippen LogP) is 2.09. The fourth-order valence-corrected chi connectivity index (χ4v) is 4.44. The zero-order chi connectivity index (χ0) is 11.3. The molecule has 0 fully saturated rings. The van der Waals surface area contributed by atoms with Crippen molar-refractivity contribution in [2.45, 2.75) is 13.3 Å². The zero-order valence-electron chi connectivity index (χ0n) is 9.79. The molecule has 0 spiro atoms. The molecule has 3 heteroatoms. The van der Waals surface area contributed by atoms with Crippen LogP contribution in [0.3, 0.4) is 0 Å². The fraction of sp³-hybridized carbons (Fsp3) is 0.500. The van der Waals surface area contributed by atoms with Gasteiger partial charge in [0.05, 0.1) is 0 Å². The van der Waals surface area contributed by atoms with Crippen molar-refractivity contribution in [1.29, 1.82) is 0 Å². The minimum absolute atomic E-state index is 0.823. The maximum absolute atomic E-state index is 12.2. The van der Waals surface area contributed by atoms with Crippen molar-refractivity contribution < 1.29 is 4.57 Å². The predicted molar refractivity (Wildman–Crippen MR) is 67.8 cm³/mol. The molecule has 1 aromatic carbocycles. The third kappa shape index (κ3) is 2.70. The lowest BCUT2D eigenvalue weighted by molar-refractivity contribution is 0.583. The molecule has 2 rings (SSSR count). The Balaban J connectivity index is 0.000000337. The van der Waals surface area contributed by atoms with Crippen LogP contribution in [-0.2, 0) is 11.0 Å². The van der Waals surface area contributed by atoms with E-state index in [1.807, 2.05) is 39.2 Å². The second-order valence-corrected chi connectivity index (χ2v) is 7.15. The monoisotopic (exact) mass is 225 g/mol. The van der Waals surface area contributed by atoms with Gasteiger partial charge in [-0.25, -0.2) is 0 Å². The maximum atomic E-state index is 12.2. The Morgan fingerprint density at radius 1 is 1.33 bits per heavy atom. The second-order valence-electron chi connectivity index (χ2n) is 3.81. The van der Waals surface area contributed by atoms with Gasteiger partial charge in [-0.1, -0.05) is 31.2 Å². The van der Waals surface area contributed by atoms with Crippen LogP contribution in [0.5, 0.6) is 0 Å². The molecule has 1 aromatic rings. The van der Waals surface area contributed by atoms with Gasteiger partial charge in [-0.3, -0.25) is 0 Å². The summed E-state index contributed by atoms with van der Waals surface area (Å²) in [4.78, 5) is 0. The Kier molecular flexibility index (Phi) is 4.56. The number of hydrogen-bond acceptors (Lipinski definition) is 2. The Labute approximate surface area is 92.5 Å². The van der Waals surface area contributed by atoms with Crippen LogP contribution in [0.4, 0.5) is 0 Å². The molecule has 2 nitrogen and oxygen atoms in total. The highest BCUT2D eigenvalue weighted by Crippen LogP contribution is 2.49. The van der Waals surface area contributed by atoms with Gasteiger partial charge in [0.2, 0.25) is 0 Å². The highest BCUT2D eigenvalue weighted by atomic mass is 31.2. The third-order valence-corrected chi connectivity index (χ3v) is 5.97. The molecule has 1 heterocycles. The normalized spacial score (nSPS) is 22.9. The molecular formula is C12H20NOP. The van der Waals surface area contributed by atoms with Crippen LogP contribution in [0.2, 0.25) is 0 Å². The van der Waals surface area contributed by atoms with Gasteiger partial charge in [0.1, 0.15) is 7.14 Å². The van der Waals surface area contributed by atoms with Gasteiger partial charge in [0.15, 0.2) is 0 Å². The van der Waals surface area contributed by atoms with E-state index in [9.17, 15) is 4.57 Å². The zero-order valence-corrected chi connectivity index (χ0v) is 10.7. The second kappa shape index (κ2) is 5.48. The SMILES string of the molecule is CCP1(=O)CCc2ccccc21.CNC. The summed E-state index contributed by atoms with van der Waals surface area (Å²) in [5, 5.41) is 3.90. The minimum Gasteiger partial charge on any atom is -0.323 e. The molecule has 1 aliphatic heterocycles. The lowest BCUT2D eigenvalue weighted by Gasteiger charge is -2.08. The van der Waals surface area contributed by atoms with Crippen LogP contribution in [0, 0.1) is 0 Å². The van der Waals surface area contributed by atoms with Crippen LogP contribution in [0.25, 0.3) is 0 Å². The first-order valence-electron chi connectivity index (χ1n) is 5.43. The van der Waals surface area contributed by atoms with Gasteiger partial charge in [0, 0.05) is 17.6 Å². The number of benzene rings is 1. The molecule has 0 radical (unpaired) electrons. The average molecular weight is 225 g/mol. The van der Waals surface area contributed by atoms with Gasteiger partial charge in [0.25, 0.3) is 0 Å². The van der Waals surface area contributed by atoms with Gasteiger partial charge in [-0.2, -0.15) is 0 Å². The maximum Gasteiger partial charge on any atom is 0.115 e. The minimum atomic E-state index is -1.94. The Morgan fingerprint density at radius 2 is 1.93 bits per heavy atom. The van der Waals surface area contributed by atoms with Crippen LogP contribution in [0.15, 0.2) is 24.3 Å². The summed E-state index contributed by atoms with van der Waals surface area (Å²) >= 11 is 0. The summed E-state index contributed by atoms with van der Waals surface area (Å²) in [6, 6.07) is 8.16. The molecule has 84 valence electrons. The summed E-state index contributed by atoms with van der Waals surface area (Å²) < 4.78 is 12.2. The summed E-state index contributed by atoms with van der Waals surface area (Å²) in [6.45, 7) is 2.03. The first-order chi connectivity index (χ1) is 7.18. The molecule has 0 amide bonds. The largest absolute Gasteiger partial charge is 0.323 e. The highest BCUT2D eigenvalue weighted by Gasteiger charge is 2.30. The smallest absolute Gasteiger partial charge is 0.115 e. The van der Waals surface area contributed by atoms with Crippen LogP contribution in [-0.4, -0.2) is 26.4 Å². The summed E-state index contributed by atoms with van der Waals surface area (Å²) in [7, 11) is 1.81. The first-order valence-corrected chi connectivity index (χ1v) is 7.50. The number of nitrogens with one attached hydrogen (secondary N) is 1. The van der Waals surface area contributed by atoms with Crippen LogP contribution in [0.1, 0.15) is 12.5 Å². The van der Waals surface area contributed by atoms with Gasteiger partial charge in [-0.05, 0) is 26.1 Å². The molecule has 1 N–H and O–H groups in total. The first kappa shape index (κ1) is 12.5. The number of hydrogen-bond donors (Lipinski definition) is 1. The average Bonchev–Trinajstić information content (AvgIpc) is 2.60. The van der Waals surface area contributed by atoms with Crippen molar-refractivity contribution in [2.24, 2.45) is 0 Å². The molecule has 1 aliphatic rings. The van der Waals surface area contributed by atoms with Crippen molar-refractivity contribution in [1.82, 2.24) is 5.32 Å². The van der Waals surface area contributed by atoms with Gasteiger partial charge >= 0.3 is 0 Å². The quantitative estimate of drug-likeness (QED) is 0.741.